The summed E-state index contributed by atoms with van der Waals surface area (Å²) >= 11 is 6.04. The molecule has 3 heteroatoms. The van der Waals surface area contributed by atoms with Crippen LogP contribution in [0.4, 0.5) is 0 Å². The standard InChI is InChI=1S/C12H16ClNO/c1-2-12(15,10-3-4-10)7-9-5-6-14-8-11(9)13/h5-6,8,10,15H,2-4,7H2,1H3. The second-order valence-corrected chi connectivity index (χ2v) is 4.78. The van der Waals surface area contributed by atoms with Gasteiger partial charge in [-0.1, -0.05) is 18.5 Å². The number of halogens is 1. The number of aromatic nitrogens is 1. The van der Waals surface area contributed by atoms with Crippen LogP contribution < -0.4 is 0 Å². The first-order valence-corrected chi connectivity index (χ1v) is 5.84. The Morgan fingerprint density at radius 3 is 2.87 bits per heavy atom. The summed E-state index contributed by atoms with van der Waals surface area (Å²) in [6.45, 7) is 2.04. The molecule has 1 atom stereocenters. The number of nitrogens with zero attached hydrogens (tertiary/aromatic N) is 1. The van der Waals surface area contributed by atoms with E-state index in [1.165, 1.54) is 0 Å². The molecule has 0 amide bonds. The van der Waals surface area contributed by atoms with Gasteiger partial charge in [0.25, 0.3) is 0 Å². The van der Waals surface area contributed by atoms with E-state index in [2.05, 4.69) is 4.98 Å². The first-order valence-electron chi connectivity index (χ1n) is 5.46. The van der Waals surface area contributed by atoms with E-state index in [0.717, 1.165) is 24.8 Å². The van der Waals surface area contributed by atoms with Gasteiger partial charge in [0.05, 0.1) is 10.6 Å². The van der Waals surface area contributed by atoms with E-state index in [9.17, 15) is 5.11 Å². The van der Waals surface area contributed by atoms with E-state index in [0.29, 0.717) is 17.4 Å². The summed E-state index contributed by atoms with van der Waals surface area (Å²) in [6.07, 6.45) is 7.09. The lowest BCUT2D eigenvalue weighted by molar-refractivity contribution is 0.0139. The van der Waals surface area contributed by atoms with Crippen molar-refractivity contribution in [2.75, 3.05) is 0 Å². The van der Waals surface area contributed by atoms with Gasteiger partial charge in [0, 0.05) is 18.8 Å². The Hall–Kier alpha value is -0.600. The molecule has 0 aliphatic heterocycles. The minimum atomic E-state index is -0.564. The third-order valence-corrected chi connectivity index (χ3v) is 3.64. The van der Waals surface area contributed by atoms with E-state index < -0.39 is 5.60 Å². The number of hydrogen-bond acceptors (Lipinski definition) is 2. The van der Waals surface area contributed by atoms with Gasteiger partial charge in [-0.25, -0.2) is 0 Å². The lowest BCUT2D eigenvalue weighted by Gasteiger charge is -2.27. The van der Waals surface area contributed by atoms with Crippen LogP contribution in [0.5, 0.6) is 0 Å². The van der Waals surface area contributed by atoms with Gasteiger partial charge in [0.1, 0.15) is 0 Å². The molecule has 1 aliphatic rings. The lowest BCUT2D eigenvalue weighted by Crippen LogP contribution is -2.33. The Labute approximate surface area is 95.3 Å². The molecule has 82 valence electrons. The Kier molecular flexibility index (Phi) is 2.98. The van der Waals surface area contributed by atoms with Gasteiger partial charge in [-0.2, -0.15) is 0 Å². The van der Waals surface area contributed by atoms with E-state index in [1.807, 2.05) is 13.0 Å². The van der Waals surface area contributed by atoms with Crippen LogP contribution in [0.3, 0.4) is 0 Å². The zero-order valence-electron chi connectivity index (χ0n) is 8.91. The summed E-state index contributed by atoms with van der Waals surface area (Å²) in [5.74, 6) is 0.465. The van der Waals surface area contributed by atoms with Crippen molar-refractivity contribution in [3.63, 3.8) is 0 Å². The van der Waals surface area contributed by atoms with E-state index >= 15 is 0 Å². The molecule has 1 saturated carbocycles. The molecule has 1 heterocycles. The predicted molar refractivity (Wildman–Crippen MR) is 60.9 cm³/mol. The molecular formula is C12H16ClNO. The number of aliphatic hydroxyl groups is 1. The second kappa shape index (κ2) is 4.11. The molecule has 1 N–H and O–H groups in total. The first-order chi connectivity index (χ1) is 7.15. The van der Waals surface area contributed by atoms with Gasteiger partial charge < -0.3 is 5.11 Å². The zero-order valence-corrected chi connectivity index (χ0v) is 9.67. The topological polar surface area (TPSA) is 33.1 Å². The molecule has 1 aromatic heterocycles. The van der Waals surface area contributed by atoms with Crippen molar-refractivity contribution in [2.24, 2.45) is 5.92 Å². The molecular weight excluding hydrogens is 210 g/mol. The highest BCUT2D eigenvalue weighted by Gasteiger charge is 2.42. The molecule has 0 radical (unpaired) electrons. The van der Waals surface area contributed by atoms with E-state index in [1.54, 1.807) is 12.4 Å². The Bertz CT molecular complexity index is 351. The summed E-state index contributed by atoms with van der Waals surface area (Å²) in [5.41, 5.74) is 0.438. The third kappa shape index (κ3) is 2.32. The zero-order chi connectivity index (χ0) is 10.9. The largest absolute Gasteiger partial charge is 0.389 e. The van der Waals surface area contributed by atoms with Gasteiger partial charge >= 0.3 is 0 Å². The van der Waals surface area contributed by atoms with Crippen molar-refractivity contribution < 1.29 is 5.11 Å². The van der Waals surface area contributed by atoms with Crippen molar-refractivity contribution in [2.45, 2.75) is 38.2 Å². The summed E-state index contributed by atoms with van der Waals surface area (Å²) in [4.78, 5) is 3.95. The van der Waals surface area contributed by atoms with Crippen molar-refractivity contribution in [1.29, 1.82) is 0 Å². The van der Waals surface area contributed by atoms with Crippen LogP contribution in [0.2, 0.25) is 5.02 Å². The smallest absolute Gasteiger partial charge is 0.0713 e. The fraction of sp³-hybridized carbons (Fsp3) is 0.583. The molecule has 1 aliphatic carbocycles. The Morgan fingerprint density at radius 1 is 1.60 bits per heavy atom. The highest BCUT2D eigenvalue weighted by atomic mass is 35.5. The lowest BCUT2D eigenvalue weighted by atomic mass is 9.87. The van der Waals surface area contributed by atoms with Crippen LogP contribution in [-0.4, -0.2) is 15.7 Å². The van der Waals surface area contributed by atoms with Crippen LogP contribution >= 0.6 is 11.6 Å². The van der Waals surface area contributed by atoms with Crippen LogP contribution in [0, 0.1) is 5.92 Å². The van der Waals surface area contributed by atoms with Crippen molar-refractivity contribution in [3.8, 4) is 0 Å². The van der Waals surface area contributed by atoms with Gasteiger partial charge in [-0.05, 0) is 36.8 Å². The highest BCUT2D eigenvalue weighted by molar-refractivity contribution is 6.31. The summed E-state index contributed by atoms with van der Waals surface area (Å²) in [7, 11) is 0. The number of hydrogen-bond donors (Lipinski definition) is 1. The van der Waals surface area contributed by atoms with Gasteiger partial charge in [0.2, 0.25) is 0 Å². The minimum absolute atomic E-state index is 0.465. The maximum Gasteiger partial charge on any atom is 0.0713 e. The summed E-state index contributed by atoms with van der Waals surface area (Å²) in [5, 5.41) is 11.1. The number of rotatable bonds is 4. The second-order valence-electron chi connectivity index (χ2n) is 4.38. The van der Waals surface area contributed by atoms with Crippen molar-refractivity contribution in [3.05, 3.63) is 29.0 Å². The molecule has 1 fully saturated rings. The summed E-state index contributed by atoms with van der Waals surface area (Å²) < 4.78 is 0. The Balaban J connectivity index is 2.16. The average molecular weight is 226 g/mol. The summed E-state index contributed by atoms with van der Waals surface area (Å²) in [6, 6.07) is 1.89. The van der Waals surface area contributed by atoms with E-state index in [4.69, 9.17) is 11.6 Å². The quantitative estimate of drug-likeness (QED) is 0.855. The van der Waals surface area contributed by atoms with Crippen LogP contribution in [0.15, 0.2) is 18.5 Å². The monoisotopic (exact) mass is 225 g/mol. The maximum atomic E-state index is 10.5. The fourth-order valence-corrected chi connectivity index (χ4v) is 2.24. The third-order valence-electron chi connectivity index (χ3n) is 3.30. The normalized spacial score (nSPS) is 19.9. The molecule has 1 unspecified atom stereocenters. The van der Waals surface area contributed by atoms with Gasteiger partial charge in [-0.3, -0.25) is 4.98 Å². The molecule has 1 aromatic rings. The predicted octanol–water partition coefficient (Wildman–Crippen LogP) is 2.83. The van der Waals surface area contributed by atoms with Gasteiger partial charge in [-0.15, -0.1) is 0 Å². The van der Waals surface area contributed by atoms with Crippen LogP contribution in [0.25, 0.3) is 0 Å². The molecule has 0 aromatic carbocycles. The highest BCUT2D eigenvalue weighted by Crippen LogP contribution is 2.43. The fourth-order valence-electron chi connectivity index (χ4n) is 2.06. The van der Waals surface area contributed by atoms with Crippen LogP contribution in [-0.2, 0) is 6.42 Å². The minimum Gasteiger partial charge on any atom is -0.389 e. The maximum absolute atomic E-state index is 10.5. The Morgan fingerprint density at radius 2 is 2.33 bits per heavy atom. The molecule has 15 heavy (non-hydrogen) atoms. The number of pyridine rings is 1. The molecule has 0 saturated heterocycles. The van der Waals surface area contributed by atoms with Gasteiger partial charge in [0.15, 0.2) is 0 Å². The molecule has 2 rings (SSSR count). The molecule has 0 spiro atoms. The van der Waals surface area contributed by atoms with E-state index in [-0.39, 0.29) is 0 Å². The molecule has 0 bridgehead atoms. The average Bonchev–Trinajstić information content (AvgIpc) is 3.05. The van der Waals surface area contributed by atoms with Crippen molar-refractivity contribution in [1.82, 2.24) is 4.98 Å². The SMILES string of the molecule is CCC(O)(Cc1ccncc1Cl)C1CC1. The van der Waals surface area contributed by atoms with Crippen molar-refractivity contribution >= 4 is 11.6 Å². The molecule has 2 nitrogen and oxygen atoms in total. The first kappa shape index (κ1) is 10.9. The van der Waals surface area contributed by atoms with Crippen LogP contribution in [0.1, 0.15) is 31.7 Å².